The highest BCUT2D eigenvalue weighted by molar-refractivity contribution is 14.1. The molecule has 0 unspecified atom stereocenters. The molecule has 2 aromatic heterocycles. The van der Waals surface area contributed by atoms with Crippen LogP contribution in [0.3, 0.4) is 0 Å². The highest BCUT2D eigenvalue weighted by Gasteiger charge is 2.15. The first-order valence-corrected chi connectivity index (χ1v) is 7.47. The van der Waals surface area contributed by atoms with Crippen LogP contribution in [0.5, 0.6) is 0 Å². The Morgan fingerprint density at radius 2 is 2.15 bits per heavy atom. The Labute approximate surface area is 129 Å². The highest BCUT2D eigenvalue weighted by atomic mass is 127. The fraction of sp³-hybridized carbons (Fsp3) is 0.133. The third kappa shape index (κ3) is 1.76. The lowest BCUT2D eigenvalue weighted by molar-refractivity contribution is 0.987. The first-order chi connectivity index (χ1) is 9.72. The molecule has 0 bridgehead atoms. The fourth-order valence-corrected chi connectivity index (χ4v) is 3.18. The van der Waals surface area contributed by atoms with Crippen LogP contribution in [0.25, 0.3) is 28.1 Å². The van der Waals surface area contributed by atoms with Gasteiger partial charge >= 0.3 is 0 Å². The molecule has 4 rings (SSSR count). The van der Waals surface area contributed by atoms with E-state index in [0.29, 0.717) is 0 Å². The number of fused-ring (bicyclic) bond motifs is 4. The van der Waals surface area contributed by atoms with E-state index >= 15 is 0 Å². The number of rotatable bonds is 0. The van der Waals surface area contributed by atoms with E-state index in [1.807, 2.05) is 13.1 Å². The van der Waals surface area contributed by atoms with Crippen molar-refractivity contribution in [2.75, 3.05) is 0 Å². The third-order valence-electron chi connectivity index (χ3n) is 3.57. The van der Waals surface area contributed by atoms with Gasteiger partial charge in [-0.05, 0) is 52.8 Å². The molecule has 0 fully saturated rings. The summed E-state index contributed by atoms with van der Waals surface area (Å²) in [6.45, 7) is 1.93. The van der Waals surface area contributed by atoms with Gasteiger partial charge in [0.2, 0.25) is 0 Å². The lowest BCUT2D eigenvalue weighted by Crippen LogP contribution is -1.97. The third-order valence-corrected chi connectivity index (χ3v) is 4.40. The number of aromatic nitrogens is 4. The van der Waals surface area contributed by atoms with Crippen LogP contribution >= 0.6 is 22.6 Å². The summed E-state index contributed by atoms with van der Waals surface area (Å²) in [6, 6.07) is 4.33. The van der Waals surface area contributed by atoms with Crippen LogP contribution < -0.4 is 0 Å². The largest absolute Gasteiger partial charge is 0.277 e. The maximum Gasteiger partial charge on any atom is 0.130 e. The Hall–Kier alpha value is -1.76. The molecule has 1 aliphatic rings. The quantitative estimate of drug-likeness (QED) is 0.613. The average molecular weight is 374 g/mol. The summed E-state index contributed by atoms with van der Waals surface area (Å²) >= 11 is 2.25. The number of aromatic amines is 1. The monoisotopic (exact) mass is 374 g/mol. The minimum absolute atomic E-state index is 0.819. The Bertz CT molecular complexity index is 864. The molecular weight excluding hydrogens is 363 g/mol. The second kappa shape index (κ2) is 4.37. The zero-order valence-corrected chi connectivity index (χ0v) is 13.0. The van der Waals surface area contributed by atoms with Gasteiger partial charge in [0.15, 0.2) is 0 Å². The number of halogens is 1. The molecule has 0 radical (unpaired) electrons. The van der Waals surface area contributed by atoms with Crippen molar-refractivity contribution in [2.24, 2.45) is 0 Å². The average Bonchev–Trinajstić information content (AvgIpc) is 2.70. The lowest BCUT2D eigenvalue weighted by Gasteiger charge is -2.09. The maximum atomic E-state index is 4.58. The van der Waals surface area contributed by atoms with Crippen LogP contribution in [0.15, 0.2) is 24.4 Å². The van der Waals surface area contributed by atoms with E-state index in [1.165, 1.54) is 11.1 Å². The van der Waals surface area contributed by atoms with Gasteiger partial charge in [-0.15, -0.1) is 0 Å². The van der Waals surface area contributed by atoms with Gasteiger partial charge in [0.25, 0.3) is 0 Å². The standard InChI is InChI=1S/C15H11IN4/c1-8-17-7-12-10-6-11-14(19-20-15(11)16)5-9(10)3-2-4-13(12)18-8/h2-3,5-7H,4H2,1H3,(H,19,20). The van der Waals surface area contributed by atoms with Crippen molar-refractivity contribution >= 4 is 39.6 Å². The molecule has 20 heavy (non-hydrogen) atoms. The second-order valence-corrected chi connectivity index (χ2v) is 5.91. The highest BCUT2D eigenvalue weighted by Crippen LogP contribution is 2.34. The van der Waals surface area contributed by atoms with E-state index in [2.05, 4.69) is 67.0 Å². The van der Waals surface area contributed by atoms with Crippen molar-refractivity contribution < 1.29 is 0 Å². The zero-order chi connectivity index (χ0) is 13.7. The van der Waals surface area contributed by atoms with E-state index < -0.39 is 0 Å². The lowest BCUT2D eigenvalue weighted by atomic mass is 9.99. The fourth-order valence-electron chi connectivity index (χ4n) is 2.62. The van der Waals surface area contributed by atoms with Crippen molar-refractivity contribution in [1.82, 2.24) is 20.2 Å². The molecule has 1 N–H and O–H groups in total. The van der Waals surface area contributed by atoms with Crippen molar-refractivity contribution in [3.63, 3.8) is 0 Å². The molecule has 0 saturated heterocycles. The molecule has 0 aliphatic heterocycles. The summed E-state index contributed by atoms with van der Waals surface area (Å²) < 4.78 is 0.989. The van der Waals surface area contributed by atoms with Gasteiger partial charge in [-0.1, -0.05) is 12.2 Å². The molecule has 0 atom stereocenters. The number of allylic oxidation sites excluding steroid dienone is 1. The number of benzene rings is 1. The van der Waals surface area contributed by atoms with Gasteiger partial charge in [-0.25, -0.2) is 9.97 Å². The Balaban J connectivity index is 2.08. The number of H-pyrrole nitrogens is 1. The van der Waals surface area contributed by atoms with Crippen molar-refractivity contribution in [1.29, 1.82) is 0 Å². The number of aryl methyl sites for hydroxylation is 1. The van der Waals surface area contributed by atoms with E-state index in [1.54, 1.807) is 0 Å². The molecule has 2 heterocycles. The van der Waals surface area contributed by atoms with E-state index in [0.717, 1.165) is 38.1 Å². The first kappa shape index (κ1) is 12.0. The van der Waals surface area contributed by atoms with Crippen LogP contribution in [0, 0.1) is 10.6 Å². The normalized spacial score (nSPS) is 13.1. The SMILES string of the molecule is Cc1ncc2c(n1)CC=Cc1cc3[nH]nc(I)c3cc1-2. The Kier molecular flexibility index (Phi) is 2.63. The molecule has 1 aliphatic carbocycles. The molecule has 5 heteroatoms. The summed E-state index contributed by atoms with van der Waals surface area (Å²) in [4.78, 5) is 8.93. The van der Waals surface area contributed by atoms with Crippen LogP contribution in [-0.4, -0.2) is 20.2 Å². The van der Waals surface area contributed by atoms with Crippen molar-refractivity contribution in [3.05, 3.63) is 45.2 Å². The smallest absolute Gasteiger partial charge is 0.130 e. The summed E-state index contributed by atoms with van der Waals surface area (Å²) in [5.41, 5.74) is 5.64. The predicted molar refractivity (Wildman–Crippen MR) is 87.3 cm³/mol. The van der Waals surface area contributed by atoms with Crippen LogP contribution in [0.4, 0.5) is 0 Å². The van der Waals surface area contributed by atoms with Gasteiger partial charge < -0.3 is 0 Å². The van der Waals surface area contributed by atoms with Crippen LogP contribution in [0.2, 0.25) is 0 Å². The molecule has 3 aromatic rings. The summed E-state index contributed by atoms with van der Waals surface area (Å²) in [7, 11) is 0. The summed E-state index contributed by atoms with van der Waals surface area (Å²) in [6.07, 6.45) is 7.09. The molecule has 1 aromatic carbocycles. The Morgan fingerprint density at radius 1 is 1.25 bits per heavy atom. The molecule has 0 spiro atoms. The zero-order valence-electron chi connectivity index (χ0n) is 10.8. The maximum absolute atomic E-state index is 4.58. The van der Waals surface area contributed by atoms with E-state index in [-0.39, 0.29) is 0 Å². The number of nitrogens with one attached hydrogen (secondary N) is 1. The van der Waals surface area contributed by atoms with Gasteiger partial charge in [0.05, 0.1) is 11.2 Å². The summed E-state index contributed by atoms with van der Waals surface area (Å²) in [5, 5.41) is 8.48. The van der Waals surface area contributed by atoms with Gasteiger partial charge in [-0.2, -0.15) is 5.10 Å². The molecule has 0 amide bonds. The first-order valence-electron chi connectivity index (χ1n) is 6.39. The van der Waals surface area contributed by atoms with E-state index in [4.69, 9.17) is 0 Å². The van der Waals surface area contributed by atoms with Crippen LogP contribution in [0.1, 0.15) is 17.1 Å². The number of hydrogen-bond acceptors (Lipinski definition) is 3. The second-order valence-electron chi connectivity index (χ2n) is 4.88. The van der Waals surface area contributed by atoms with Gasteiger partial charge in [-0.3, -0.25) is 5.10 Å². The van der Waals surface area contributed by atoms with Gasteiger partial charge in [0.1, 0.15) is 9.53 Å². The van der Waals surface area contributed by atoms with Crippen molar-refractivity contribution in [2.45, 2.75) is 13.3 Å². The minimum Gasteiger partial charge on any atom is -0.277 e. The number of hydrogen-bond donors (Lipinski definition) is 1. The van der Waals surface area contributed by atoms with Crippen molar-refractivity contribution in [3.8, 4) is 11.1 Å². The van der Waals surface area contributed by atoms with E-state index in [9.17, 15) is 0 Å². The molecule has 4 nitrogen and oxygen atoms in total. The molecule has 98 valence electrons. The predicted octanol–water partition coefficient (Wildman–Crippen LogP) is 3.50. The minimum atomic E-state index is 0.819. The van der Waals surface area contributed by atoms with Gasteiger partial charge in [0, 0.05) is 23.6 Å². The molecular formula is C15H11IN4. The summed E-state index contributed by atoms with van der Waals surface area (Å²) in [5.74, 6) is 0.819. The number of nitrogens with zero attached hydrogens (tertiary/aromatic N) is 3. The Morgan fingerprint density at radius 3 is 3.05 bits per heavy atom. The van der Waals surface area contributed by atoms with Crippen LogP contribution in [-0.2, 0) is 6.42 Å². The molecule has 0 saturated carbocycles. The topological polar surface area (TPSA) is 54.5 Å².